The minimum atomic E-state index is 0.0241. The van der Waals surface area contributed by atoms with Crippen LogP contribution in [0, 0.1) is 16.2 Å². The summed E-state index contributed by atoms with van der Waals surface area (Å²) in [5, 5.41) is 0. The van der Waals surface area contributed by atoms with Gasteiger partial charge in [0.05, 0.1) is 13.2 Å². The van der Waals surface area contributed by atoms with Gasteiger partial charge in [0.15, 0.2) is 0 Å². The van der Waals surface area contributed by atoms with E-state index in [1.54, 1.807) is 7.11 Å². The molecular formula is C27H43N3O. The lowest BCUT2D eigenvalue weighted by Crippen LogP contribution is -2.55. The molecule has 2 heterocycles. The van der Waals surface area contributed by atoms with E-state index in [4.69, 9.17) is 9.73 Å². The van der Waals surface area contributed by atoms with Gasteiger partial charge in [-0.2, -0.15) is 0 Å². The Morgan fingerprint density at radius 3 is 2.00 bits per heavy atom. The minimum absolute atomic E-state index is 0.0241. The largest absolute Gasteiger partial charge is 0.497 e. The van der Waals surface area contributed by atoms with Crippen molar-refractivity contribution in [3.05, 3.63) is 41.1 Å². The molecule has 0 N–H and O–H groups in total. The smallest absolute Gasteiger partial charge is 0.118 e. The van der Waals surface area contributed by atoms with E-state index in [1.807, 2.05) is 0 Å². The quantitative estimate of drug-likeness (QED) is 0.596. The minimum Gasteiger partial charge on any atom is -0.497 e. The van der Waals surface area contributed by atoms with Gasteiger partial charge >= 0.3 is 0 Å². The zero-order valence-electron chi connectivity index (χ0n) is 21.5. The van der Waals surface area contributed by atoms with E-state index >= 15 is 0 Å². The van der Waals surface area contributed by atoms with Crippen LogP contribution in [0.1, 0.15) is 67.9 Å². The van der Waals surface area contributed by atoms with Crippen LogP contribution in [0.2, 0.25) is 0 Å². The first-order valence-electron chi connectivity index (χ1n) is 11.7. The Hall–Kier alpha value is -1.81. The topological polar surface area (TPSA) is 28.1 Å². The second-order valence-corrected chi connectivity index (χ2v) is 12.3. The first-order valence-corrected chi connectivity index (χ1v) is 11.7. The van der Waals surface area contributed by atoms with Crippen molar-refractivity contribution in [2.24, 2.45) is 21.2 Å². The van der Waals surface area contributed by atoms with Gasteiger partial charge < -0.3 is 9.64 Å². The highest BCUT2D eigenvalue weighted by Gasteiger charge is 2.44. The molecule has 0 aliphatic carbocycles. The Balaban J connectivity index is 2.00. The van der Waals surface area contributed by atoms with Crippen molar-refractivity contribution in [2.45, 2.75) is 74.9 Å². The van der Waals surface area contributed by atoms with E-state index < -0.39 is 0 Å². The molecule has 4 nitrogen and oxygen atoms in total. The van der Waals surface area contributed by atoms with Crippen LogP contribution in [-0.2, 0) is 6.54 Å². The summed E-state index contributed by atoms with van der Waals surface area (Å²) in [6.07, 6.45) is 0. The third-order valence-corrected chi connectivity index (χ3v) is 6.29. The third kappa shape index (κ3) is 5.16. The molecule has 1 saturated heterocycles. The first kappa shape index (κ1) is 23.8. The van der Waals surface area contributed by atoms with Gasteiger partial charge in [-0.1, -0.05) is 74.4 Å². The summed E-state index contributed by atoms with van der Waals surface area (Å²) in [7, 11) is 1.72. The maximum Gasteiger partial charge on any atom is 0.118 e. The standard InChI is InChI=1S/C27H43N3O/c1-25(2,3)22-21-18-29(17-19-11-13-20(31-10)14-12-19)15-16-30(21)24(27(7,8)9)28-23(22)26(4,5)6/h11-14,23H,15-18H2,1-10H3/t23-/m1/s1. The zero-order chi connectivity index (χ0) is 23.2. The van der Waals surface area contributed by atoms with E-state index in [-0.39, 0.29) is 22.3 Å². The van der Waals surface area contributed by atoms with Crippen LogP contribution >= 0.6 is 0 Å². The van der Waals surface area contributed by atoms with Crippen molar-refractivity contribution in [1.82, 2.24) is 9.80 Å². The molecule has 172 valence electrons. The average molecular weight is 426 g/mol. The molecule has 3 rings (SSSR count). The van der Waals surface area contributed by atoms with Gasteiger partial charge in [0.2, 0.25) is 0 Å². The van der Waals surface area contributed by atoms with Gasteiger partial charge in [0.25, 0.3) is 0 Å². The summed E-state index contributed by atoms with van der Waals surface area (Å²) >= 11 is 0. The highest BCUT2D eigenvalue weighted by Crippen LogP contribution is 2.45. The van der Waals surface area contributed by atoms with E-state index in [0.717, 1.165) is 31.9 Å². The molecule has 0 bridgehead atoms. The molecule has 1 atom stereocenters. The van der Waals surface area contributed by atoms with E-state index in [2.05, 4.69) is 96.4 Å². The first-order chi connectivity index (χ1) is 14.2. The SMILES string of the molecule is COc1ccc(CN2CCN3C(C(C)(C)C)=N[C@@H](C(C)(C)C)C(C(C)(C)C)=C3C2)cc1. The second kappa shape index (κ2) is 8.27. The van der Waals surface area contributed by atoms with Crippen molar-refractivity contribution in [1.29, 1.82) is 0 Å². The molecule has 4 heteroatoms. The number of methoxy groups -OCH3 is 1. The molecule has 0 aromatic heterocycles. The van der Waals surface area contributed by atoms with Gasteiger partial charge in [-0.15, -0.1) is 0 Å². The monoisotopic (exact) mass is 425 g/mol. The maximum absolute atomic E-state index is 5.44. The lowest BCUT2D eigenvalue weighted by atomic mass is 9.70. The number of benzene rings is 1. The third-order valence-electron chi connectivity index (χ3n) is 6.29. The molecule has 0 amide bonds. The van der Waals surface area contributed by atoms with Gasteiger partial charge in [-0.3, -0.25) is 9.89 Å². The Morgan fingerprint density at radius 1 is 0.903 bits per heavy atom. The van der Waals surface area contributed by atoms with Crippen LogP contribution < -0.4 is 4.74 Å². The number of fused-ring (bicyclic) bond motifs is 1. The molecule has 1 aromatic rings. The number of hydrogen-bond donors (Lipinski definition) is 0. The number of piperazine rings is 1. The van der Waals surface area contributed by atoms with Crippen molar-refractivity contribution < 1.29 is 4.74 Å². The summed E-state index contributed by atoms with van der Waals surface area (Å²) in [6, 6.07) is 8.70. The van der Waals surface area contributed by atoms with Gasteiger partial charge in [0, 0.05) is 37.3 Å². The van der Waals surface area contributed by atoms with Crippen LogP contribution in [0.5, 0.6) is 5.75 Å². The average Bonchev–Trinajstić information content (AvgIpc) is 2.64. The van der Waals surface area contributed by atoms with Gasteiger partial charge in [-0.05, 0) is 34.1 Å². The molecule has 1 fully saturated rings. The fraction of sp³-hybridized carbons (Fsp3) is 0.667. The maximum atomic E-state index is 5.44. The number of rotatable bonds is 3. The van der Waals surface area contributed by atoms with E-state index in [0.29, 0.717) is 0 Å². The Labute approximate surface area is 190 Å². The Kier molecular flexibility index (Phi) is 6.36. The molecule has 0 unspecified atom stereocenters. The van der Waals surface area contributed by atoms with Crippen LogP contribution in [0.15, 0.2) is 40.5 Å². The Bertz CT molecular complexity index is 844. The summed E-state index contributed by atoms with van der Waals surface area (Å²) in [6.45, 7) is 24.9. The number of nitrogens with zero attached hydrogens (tertiary/aromatic N) is 3. The van der Waals surface area contributed by atoms with Crippen molar-refractivity contribution >= 4 is 5.84 Å². The van der Waals surface area contributed by atoms with Crippen molar-refractivity contribution in [3.8, 4) is 5.75 Å². The molecule has 1 aromatic carbocycles. The summed E-state index contributed by atoms with van der Waals surface area (Å²) in [5.41, 5.74) is 4.49. The Morgan fingerprint density at radius 2 is 1.52 bits per heavy atom. The lowest BCUT2D eigenvalue weighted by Gasteiger charge is -2.51. The summed E-state index contributed by atoms with van der Waals surface area (Å²) in [5.74, 6) is 2.16. The van der Waals surface area contributed by atoms with E-state index in [1.165, 1.54) is 22.7 Å². The predicted octanol–water partition coefficient (Wildman–Crippen LogP) is 5.99. The molecule has 31 heavy (non-hydrogen) atoms. The zero-order valence-corrected chi connectivity index (χ0v) is 21.5. The van der Waals surface area contributed by atoms with E-state index in [9.17, 15) is 0 Å². The van der Waals surface area contributed by atoms with Gasteiger partial charge in [-0.25, -0.2) is 0 Å². The lowest BCUT2D eigenvalue weighted by molar-refractivity contribution is 0.184. The highest BCUT2D eigenvalue weighted by molar-refractivity contribution is 5.90. The molecule has 2 aliphatic heterocycles. The molecule has 0 radical (unpaired) electrons. The number of amidine groups is 1. The number of ether oxygens (including phenoxy) is 1. The molecular weight excluding hydrogens is 382 g/mol. The van der Waals surface area contributed by atoms with Crippen LogP contribution in [0.25, 0.3) is 0 Å². The van der Waals surface area contributed by atoms with Crippen LogP contribution in [0.3, 0.4) is 0 Å². The molecule has 0 spiro atoms. The van der Waals surface area contributed by atoms with Crippen molar-refractivity contribution in [2.75, 3.05) is 26.7 Å². The molecule has 0 saturated carbocycles. The number of aliphatic imine (C=N–C) groups is 1. The summed E-state index contributed by atoms with van der Waals surface area (Å²) < 4.78 is 5.33. The van der Waals surface area contributed by atoms with Crippen LogP contribution in [-0.4, -0.2) is 48.4 Å². The second-order valence-electron chi connectivity index (χ2n) is 12.3. The molecule has 2 aliphatic rings. The normalized spacial score (nSPS) is 21.2. The fourth-order valence-corrected chi connectivity index (χ4v) is 4.82. The predicted molar refractivity (Wildman–Crippen MR) is 132 cm³/mol. The van der Waals surface area contributed by atoms with Crippen molar-refractivity contribution in [3.63, 3.8) is 0 Å². The fourth-order valence-electron chi connectivity index (χ4n) is 4.82. The van der Waals surface area contributed by atoms with Gasteiger partial charge in [0.1, 0.15) is 11.6 Å². The number of hydrogen-bond acceptors (Lipinski definition) is 4. The summed E-state index contributed by atoms with van der Waals surface area (Å²) in [4.78, 5) is 10.6. The highest BCUT2D eigenvalue weighted by atomic mass is 16.5. The van der Waals surface area contributed by atoms with Crippen LogP contribution in [0.4, 0.5) is 0 Å².